The zero-order valence-corrected chi connectivity index (χ0v) is 14.0. The van der Waals surface area contributed by atoms with Crippen LogP contribution >= 0.6 is 0 Å². The van der Waals surface area contributed by atoms with Gasteiger partial charge in [-0.1, -0.05) is 65.7 Å². The molecule has 3 rings (SSSR count). The van der Waals surface area contributed by atoms with Crippen molar-refractivity contribution in [3.8, 4) is 0 Å². The molecule has 3 nitrogen and oxygen atoms in total. The number of fused-ring (bicyclic) bond motifs is 1. The Labute approximate surface area is 137 Å². The van der Waals surface area contributed by atoms with E-state index in [2.05, 4.69) is 10.8 Å². The predicted octanol–water partition coefficient (Wildman–Crippen LogP) is 3.94. The number of sulfonamides is 1. The van der Waals surface area contributed by atoms with Crippen LogP contribution in [0, 0.1) is 13.8 Å². The number of hydrogen-bond donors (Lipinski definition) is 1. The third kappa shape index (κ3) is 3.44. The van der Waals surface area contributed by atoms with Crippen molar-refractivity contribution < 1.29 is 8.42 Å². The van der Waals surface area contributed by atoms with E-state index in [9.17, 15) is 8.42 Å². The molecule has 0 atom stereocenters. The second-order valence-electron chi connectivity index (χ2n) is 5.80. The largest absolute Gasteiger partial charge is 0.241 e. The van der Waals surface area contributed by atoms with Crippen molar-refractivity contribution in [1.82, 2.24) is 4.72 Å². The van der Waals surface area contributed by atoms with Crippen molar-refractivity contribution in [2.45, 2.75) is 25.3 Å². The van der Waals surface area contributed by atoms with Gasteiger partial charge in [0.1, 0.15) is 0 Å². The highest BCUT2D eigenvalue weighted by atomic mass is 32.2. The number of aryl methyl sites for hydroxylation is 2. The minimum Gasteiger partial charge on any atom is -0.207 e. The Balaban J connectivity index is 1.92. The molecule has 0 aliphatic heterocycles. The summed E-state index contributed by atoms with van der Waals surface area (Å²) >= 11 is 0. The van der Waals surface area contributed by atoms with Crippen LogP contribution in [0.1, 0.15) is 16.7 Å². The molecule has 0 fully saturated rings. The van der Waals surface area contributed by atoms with Crippen LogP contribution in [0.5, 0.6) is 0 Å². The molecule has 3 aromatic carbocycles. The SMILES string of the molecule is Cc1cc(C)cc(CNS(=O)(=O)c2cccc3ccccc23)c1. The maximum atomic E-state index is 12.7. The lowest BCUT2D eigenvalue weighted by Crippen LogP contribution is -2.23. The van der Waals surface area contributed by atoms with Crippen molar-refractivity contribution >= 4 is 20.8 Å². The molecule has 0 aliphatic carbocycles. The molecular formula is C19H19NO2S. The fraction of sp³-hybridized carbons (Fsp3) is 0.158. The van der Waals surface area contributed by atoms with Crippen LogP contribution in [0.25, 0.3) is 10.8 Å². The van der Waals surface area contributed by atoms with Crippen molar-refractivity contribution in [2.75, 3.05) is 0 Å². The van der Waals surface area contributed by atoms with Crippen molar-refractivity contribution in [3.05, 3.63) is 77.4 Å². The lowest BCUT2D eigenvalue weighted by Gasteiger charge is -2.10. The Bertz CT molecular complexity index is 937. The summed E-state index contributed by atoms with van der Waals surface area (Å²) in [7, 11) is -3.56. The van der Waals surface area contributed by atoms with Crippen LogP contribution in [0.3, 0.4) is 0 Å². The molecule has 0 radical (unpaired) electrons. The highest BCUT2D eigenvalue weighted by molar-refractivity contribution is 7.89. The van der Waals surface area contributed by atoms with Gasteiger partial charge in [-0.15, -0.1) is 0 Å². The molecule has 0 spiro atoms. The van der Waals surface area contributed by atoms with Crippen LogP contribution in [-0.2, 0) is 16.6 Å². The first-order valence-corrected chi connectivity index (χ1v) is 8.99. The summed E-state index contributed by atoms with van der Waals surface area (Å²) in [5.74, 6) is 0. The van der Waals surface area contributed by atoms with E-state index in [4.69, 9.17) is 0 Å². The molecule has 0 bridgehead atoms. The molecule has 0 amide bonds. The summed E-state index contributed by atoms with van der Waals surface area (Å²) in [6.07, 6.45) is 0. The van der Waals surface area contributed by atoms with Crippen LogP contribution < -0.4 is 4.72 Å². The number of hydrogen-bond acceptors (Lipinski definition) is 2. The monoisotopic (exact) mass is 325 g/mol. The van der Waals surface area contributed by atoms with Gasteiger partial charge in [0.25, 0.3) is 0 Å². The topological polar surface area (TPSA) is 46.2 Å². The summed E-state index contributed by atoms with van der Waals surface area (Å²) in [5.41, 5.74) is 3.22. The van der Waals surface area contributed by atoms with Gasteiger partial charge in [0.15, 0.2) is 0 Å². The van der Waals surface area contributed by atoms with Gasteiger partial charge in [0, 0.05) is 11.9 Å². The van der Waals surface area contributed by atoms with Crippen LogP contribution in [0.4, 0.5) is 0 Å². The molecule has 0 heterocycles. The van der Waals surface area contributed by atoms with E-state index in [0.717, 1.165) is 27.5 Å². The summed E-state index contributed by atoms with van der Waals surface area (Å²) in [6.45, 7) is 4.31. The van der Waals surface area contributed by atoms with Gasteiger partial charge in [-0.25, -0.2) is 13.1 Å². The maximum absolute atomic E-state index is 12.7. The minimum absolute atomic E-state index is 0.286. The van der Waals surface area contributed by atoms with Gasteiger partial charge in [-0.2, -0.15) is 0 Å². The Morgan fingerprint density at radius 3 is 2.26 bits per heavy atom. The molecule has 118 valence electrons. The molecule has 0 saturated carbocycles. The fourth-order valence-corrected chi connectivity index (χ4v) is 4.10. The molecule has 23 heavy (non-hydrogen) atoms. The van der Waals surface area contributed by atoms with E-state index in [1.807, 2.05) is 56.3 Å². The number of nitrogens with one attached hydrogen (secondary N) is 1. The van der Waals surface area contributed by atoms with Crippen molar-refractivity contribution in [1.29, 1.82) is 0 Å². The average molecular weight is 325 g/mol. The average Bonchev–Trinajstić information content (AvgIpc) is 2.52. The first kappa shape index (κ1) is 15.7. The molecule has 3 aromatic rings. The van der Waals surface area contributed by atoms with Gasteiger partial charge < -0.3 is 0 Å². The summed E-state index contributed by atoms with van der Waals surface area (Å²) in [6, 6.07) is 18.9. The Morgan fingerprint density at radius 1 is 0.870 bits per heavy atom. The predicted molar refractivity (Wildman–Crippen MR) is 93.9 cm³/mol. The standard InChI is InChI=1S/C19H19NO2S/c1-14-10-15(2)12-16(11-14)13-20-23(21,22)19-9-5-7-17-6-3-4-8-18(17)19/h3-12,20H,13H2,1-2H3. The van der Waals surface area contributed by atoms with E-state index in [0.29, 0.717) is 4.90 Å². The van der Waals surface area contributed by atoms with Crippen molar-refractivity contribution in [3.63, 3.8) is 0 Å². The maximum Gasteiger partial charge on any atom is 0.241 e. The fourth-order valence-electron chi connectivity index (χ4n) is 2.86. The molecule has 0 saturated heterocycles. The smallest absolute Gasteiger partial charge is 0.207 e. The normalized spacial score (nSPS) is 11.7. The number of rotatable bonds is 4. The third-order valence-corrected chi connectivity index (χ3v) is 5.25. The van der Waals surface area contributed by atoms with E-state index < -0.39 is 10.0 Å². The summed E-state index contributed by atoms with van der Waals surface area (Å²) in [4.78, 5) is 0.319. The van der Waals surface area contributed by atoms with Crippen LogP contribution in [0.15, 0.2) is 65.6 Å². The van der Waals surface area contributed by atoms with Gasteiger partial charge in [0.2, 0.25) is 10.0 Å². The van der Waals surface area contributed by atoms with Crippen LogP contribution in [-0.4, -0.2) is 8.42 Å². The Kier molecular flexibility index (Phi) is 4.20. The second-order valence-corrected chi connectivity index (χ2v) is 7.53. The molecule has 4 heteroatoms. The van der Waals surface area contributed by atoms with Gasteiger partial charge in [-0.05, 0) is 30.9 Å². The van der Waals surface area contributed by atoms with Gasteiger partial charge in [-0.3, -0.25) is 0 Å². The minimum atomic E-state index is -3.56. The highest BCUT2D eigenvalue weighted by Crippen LogP contribution is 2.22. The first-order valence-electron chi connectivity index (χ1n) is 7.50. The second kappa shape index (κ2) is 6.14. The van der Waals surface area contributed by atoms with E-state index in [-0.39, 0.29) is 6.54 Å². The van der Waals surface area contributed by atoms with Crippen LogP contribution in [0.2, 0.25) is 0 Å². The van der Waals surface area contributed by atoms with E-state index >= 15 is 0 Å². The molecule has 0 unspecified atom stereocenters. The quantitative estimate of drug-likeness (QED) is 0.790. The van der Waals surface area contributed by atoms with E-state index in [1.165, 1.54) is 0 Å². The molecule has 1 N–H and O–H groups in total. The summed E-state index contributed by atoms with van der Waals surface area (Å²) in [5, 5.41) is 1.66. The Hall–Kier alpha value is -2.17. The molecule has 0 aliphatic rings. The lowest BCUT2D eigenvalue weighted by atomic mass is 10.1. The molecular weight excluding hydrogens is 306 g/mol. The van der Waals surface area contributed by atoms with Gasteiger partial charge in [0.05, 0.1) is 4.90 Å². The zero-order valence-electron chi connectivity index (χ0n) is 13.2. The Morgan fingerprint density at radius 2 is 1.52 bits per heavy atom. The third-order valence-electron chi connectivity index (χ3n) is 3.79. The van der Waals surface area contributed by atoms with Crippen molar-refractivity contribution in [2.24, 2.45) is 0 Å². The van der Waals surface area contributed by atoms with E-state index in [1.54, 1.807) is 12.1 Å². The highest BCUT2D eigenvalue weighted by Gasteiger charge is 2.16. The summed E-state index contributed by atoms with van der Waals surface area (Å²) < 4.78 is 28.1. The van der Waals surface area contributed by atoms with Gasteiger partial charge >= 0.3 is 0 Å². The number of benzene rings is 3. The molecule has 0 aromatic heterocycles. The lowest BCUT2D eigenvalue weighted by molar-refractivity contribution is 0.582. The zero-order chi connectivity index (χ0) is 16.4. The first-order chi connectivity index (χ1) is 11.0.